The lowest BCUT2D eigenvalue weighted by molar-refractivity contribution is 0.956. The Kier molecular flexibility index (Phi) is 2.20. The lowest BCUT2D eigenvalue weighted by Crippen LogP contribution is -1.90. The van der Waals surface area contributed by atoms with Crippen molar-refractivity contribution in [1.82, 2.24) is 4.57 Å². The molecule has 1 heterocycles. The summed E-state index contributed by atoms with van der Waals surface area (Å²) in [5.41, 5.74) is 8.40. The molecule has 4 aromatic rings. The maximum Gasteiger partial charge on any atom is 0.0495 e. The third-order valence-electron chi connectivity index (χ3n) is 5.27. The van der Waals surface area contributed by atoms with Gasteiger partial charge in [-0.3, -0.25) is 0 Å². The number of hydrogen-bond acceptors (Lipinski definition) is 0. The van der Waals surface area contributed by atoms with Gasteiger partial charge in [0.1, 0.15) is 0 Å². The van der Waals surface area contributed by atoms with Gasteiger partial charge in [0.05, 0.1) is 0 Å². The van der Waals surface area contributed by atoms with Crippen LogP contribution in [0.3, 0.4) is 0 Å². The summed E-state index contributed by atoms with van der Waals surface area (Å²) in [5.74, 6) is 0.481. The van der Waals surface area contributed by atoms with E-state index in [1.54, 1.807) is 0 Å². The van der Waals surface area contributed by atoms with Crippen molar-refractivity contribution in [1.29, 1.82) is 0 Å². The maximum absolute atomic E-state index is 2.32. The molecule has 106 valence electrons. The molecular weight excluding hydrogens is 266 g/mol. The van der Waals surface area contributed by atoms with Gasteiger partial charge in [-0.1, -0.05) is 55.5 Å². The zero-order chi connectivity index (χ0) is 14.8. The Morgan fingerprint density at radius 2 is 1.55 bits per heavy atom. The summed E-state index contributed by atoms with van der Waals surface area (Å²) in [4.78, 5) is 0. The van der Waals surface area contributed by atoms with Crippen LogP contribution in [0.4, 0.5) is 0 Å². The molecule has 3 aromatic carbocycles. The number of nitrogens with zero attached hydrogens (tertiary/aromatic N) is 1. The highest BCUT2D eigenvalue weighted by Gasteiger charge is 2.28. The van der Waals surface area contributed by atoms with E-state index >= 15 is 0 Å². The van der Waals surface area contributed by atoms with Crippen molar-refractivity contribution in [3.05, 3.63) is 71.8 Å². The molecule has 0 aliphatic heterocycles. The topological polar surface area (TPSA) is 4.93 Å². The monoisotopic (exact) mass is 283 g/mol. The van der Waals surface area contributed by atoms with Crippen LogP contribution in [0.15, 0.2) is 60.7 Å². The zero-order valence-electron chi connectivity index (χ0n) is 12.8. The smallest absolute Gasteiger partial charge is 0.0495 e. The fourth-order valence-electron chi connectivity index (χ4n) is 4.19. The van der Waals surface area contributed by atoms with Gasteiger partial charge in [-0.25, -0.2) is 0 Å². The number of benzene rings is 3. The summed E-state index contributed by atoms with van der Waals surface area (Å²) in [7, 11) is 2.17. The molecule has 0 amide bonds. The van der Waals surface area contributed by atoms with E-state index in [4.69, 9.17) is 0 Å². The second-order valence-corrected chi connectivity index (χ2v) is 6.31. The zero-order valence-corrected chi connectivity index (χ0v) is 12.8. The molecule has 0 spiro atoms. The summed E-state index contributed by atoms with van der Waals surface area (Å²) in [5, 5.41) is 2.77. The van der Waals surface area contributed by atoms with Crippen LogP contribution >= 0.6 is 0 Å². The van der Waals surface area contributed by atoms with Crippen molar-refractivity contribution < 1.29 is 0 Å². The Balaban J connectivity index is 2.06. The van der Waals surface area contributed by atoms with Gasteiger partial charge in [0.25, 0.3) is 0 Å². The second-order valence-electron chi connectivity index (χ2n) is 6.31. The number of aromatic nitrogens is 1. The van der Waals surface area contributed by atoms with Gasteiger partial charge in [-0.2, -0.15) is 0 Å². The van der Waals surface area contributed by atoms with Crippen LogP contribution in [-0.4, -0.2) is 4.57 Å². The van der Waals surface area contributed by atoms with Crippen LogP contribution in [0.1, 0.15) is 24.0 Å². The first kappa shape index (κ1) is 12.0. The molecule has 22 heavy (non-hydrogen) atoms. The highest BCUT2D eigenvalue weighted by molar-refractivity contribution is 6.16. The highest BCUT2D eigenvalue weighted by Crippen LogP contribution is 2.49. The van der Waals surface area contributed by atoms with Gasteiger partial charge in [0, 0.05) is 34.8 Å². The van der Waals surface area contributed by atoms with E-state index in [1.165, 1.54) is 44.1 Å². The minimum atomic E-state index is 0.481. The van der Waals surface area contributed by atoms with E-state index in [0.717, 1.165) is 0 Å². The van der Waals surface area contributed by atoms with Crippen LogP contribution in [0.25, 0.3) is 32.9 Å². The molecule has 0 saturated heterocycles. The molecule has 1 nitrogen and oxygen atoms in total. The van der Waals surface area contributed by atoms with E-state index in [1.807, 2.05) is 0 Å². The molecule has 1 aliphatic carbocycles. The van der Waals surface area contributed by atoms with Crippen molar-refractivity contribution >= 4 is 21.8 Å². The average molecular weight is 283 g/mol. The summed E-state index contributed by atoms with van der Waals surface area (Å²) in [6.45, 7) is 2.32. The lowest BCUT2D eigenvalue weighted by atomic mass is 9.97. The summed E-state index contributed by atoms with van der Waals surface area (Å²) >= 11 is 0. The third-order valence-corrected chi connectivity index (χ3v) is 5.27. The summed E-state index contributed by atoms with van der Waals surface area (Å²) in [6.07, 6.45) is 0. The van der Waals surface area contributed by atoms with Crippen LogP contribution in [0.5, 0.6) is 0 Å². The minimum Gasteiger partial charge on any atom is -0.344 e. The Hall–Kier alpha value is -2.54. The maximum atomic E-state index is 2.32. The van der Waals surface area contributed by atoms with Gasteiger partial charge in [0.2, 0.25) is 0 Å². The molecule has 0 N–H and O–H groups in total. The molecule has 0 bridgehead atoms. The van der Waals surface area contributed by atoms with Crippen LogP contribution in [0, 0.1) is 0 Å². The van der Waals surface area contributed by atoms with E-state index in [-0.39, 0.29) is 0 Å². The number of hydrogen-bond donors (Lipinski definition) is 0. The standard InChI is InChI=1S/C21H17N/c1-13-14-7-3-4-8-16(14)20-15(13)11-12-19-21(20)17-9-5-6-10-18(17)22(19)2/h3-13H,1-2H3. The molecule has 1 atom stereocenters. The molecule has 0 radical (unpaired) electrons. The minimum absolute atomic E-state index is 0.481. The third kappa shape index (κ3) is 1.29. The van der Waals surface area contributed by atoms with Crippen molar-refractivity contribution in [2.45, 2.75) is 12.8 Å². The van der Waals surface area contributed by atoms with E-state index in [2.05, 4.69) is 79.2 Å². The van der Waals surface area contributed by atoms with Gasteiger partial charge < -0.3 is 4.57 Å². The summed E-state index contributed by atoms with van der Waals surface area (Å²) < 4.78 is 2.32. The number of fused-ring (bicyclic) bond motifs is 7. The molecule has 0 saturated carbocycles. The predicted octanol–water partition coefficient (Wildman–Crippen LogP) is 5.46. The van der Waals surface area contributed by atoms with E-state index in [0.29, 0.717) is 5.92 Å². The fraction of sp³-hybridized carbons (Fsp3) is 0.143. The predicted molar refractivity (Wildman–Crippen MR) is 93.4 cm³/mol. The Labute approximate surface area is 129 Å². The van der Waals surface area contributed by atoms with Crippen molar-refractivity contribution in [3.63, 3.8) is 0 Å². The van der Waals surface area contributed by atoms with Crippen LogP contribution in [-0.2, 0) is 7.05 Å². The first-order valence-corrected chi connectivity index (χ1v) is 7.86. The van der Waals surface area contributed by atoms with Gasteiger partial charge in [0.15, 0.2) is 0 Å². The number of aryl methyl sites for hydroxylation is 1. The van der Waals surface area contributed by atoms with Gasteiger partial charge >= 0.3 is 0 Å². The van der Waals surface area contributed by atoms with E-state index < -0.39 is 0 Å². The van der Waals surface area contributed by atoms with Crippen molar-refractivity contribution in [3.8, 4) is 11.1 Å². The molecule has 0 fully saturated rings. The Morgan fingerprint density at radius 3 is 2.45 bits per heavy atom. The molecule has 1 aliphatic rings. The fourth-order valence-corrected chi connectivity index (χ4v) is 4.19. The second kappa shape index (κ2) is 4.01. The lowest BCUT2D eigenvalue weighted by Gasteiger charge is -2.07. The van der Waals surface area contributed by atoms with Gasteiger partial charge in [-0.15, -0.1) is 0 Å². The Morgan fingerprint density at radius 1 is 0.773 bits per heavy atom. The largest absolute Gasteiger partial charge is 0.344 e. The average Bonchev–Trinajstić information content (AvgIpc) is 3.02. The number of rotatable bonds is 0. The van der Waals surface area contributed by atoms with Crippen LogP contribution < -0.4 is 0 Å². The van der Waals surface area contributed by atoms with Gasteiger partial charge in [-0.05, 0) is 34.4 Å². The number of para-hydroxylation sites is 1. The van der Waals surface area contributed by atoms with Crippen molar-refractivity contribution in [2.75, 3.05) is 0 Å². The molecule has 5 rings (SSSR count). The molecule has 1 unspecified atom stereocenters. The van der Waals surface area contributed by atoms with Crippen LogP contribution in [0.2, 0.25) is 0 Å². The van der Waals surface area contributed by atoms with E-state index in [9.17, 15) is 0 Å². The molecule has 1 aromatic heterocycles. The van der Waals surface area contributed by atoms with Crippen molar-refractivity contribution in [2.24, 2.45) is 7.05 Å². The SMILES string of the molecule is CC1c2ccccc2-c2c1ccc1c2c2ccccc2n1C. The summed E-state index contributed by atoms with van der Waals surface area (Å²) in [6, 6.07) is 22.2. The first-order chi connectivity index (χ1) is 10.8. The molecule has 1 heteroatoms. The molecular formula is C21H17N. The Bertz CT molecular complexity index is 1050. The quantitative estimate of drug-likeness (QED) is 0.403. The normalized spacial score (nSPS) is 16.2. The highest BCUT2D eigenvalue weighted by atomic mass is 14.9. The first-order valence-electron chi connectivity index (χ1n) is 7.86.